The van der Waals surface area contributed by atoms with E-state index in [1.807, 2.05) is 19.1 Å². The van der Waals surface area contributed by atoms with Crippen LogP contribution >= 0.6 is 0 Å². The predicted molar refractivity (Wildman–Crippen MR) is 63.5 cm³/mol. The monoisotopic (exact) mass is 221 g/mol. The number of ether oxygens (including phenoxy) is 1. The van der Waals surface area contributed by atoms with Gasteiger partial charge in [-0.15, -0.1) is 0 Å². The maximum atomic E-state index is 9.47. The highest BCUT2D eigenvalue weighted by molar-refractivity contribution is 5.44. The van der Waals surface area contributed by atoms with Gasteiger partial charge in [0.25, 0.3) is 0 Å². The summed E-state index contributed by atoms with van der Waals surface area (Å²) in [7, 11) is 0. The number of fused-ring (bicyclic) bond motifs is 1. The minimum absolute atomic E-state index is 0.148. The topological polar surface area (TPSA) is 55.5 Å². The van der Waals surface area contributed by atoms with Crippen LogP contribution in [0.2, 0.25) is 0 Å². The molecule has 1 aromatic carbocycles. The highest BCUT2D eigenvalue weighted by Crippen LogP contribution is 2.35. The first-order valence-electron chi connectivity index (χ1n) is 5.90. The molecule has 0 saturated carbocycles. The number of hydrogen-bond acceptors (Lipinski definition) is 3. The zero-order chi connectivity index (χ0) is 11.5. The molecule has 2 unspecified atom stereocenters. The summed E-state index contributed by atoms with van der Waals surface area (Å²) in [5.41, 5.74) is 8.41. The summed E-state index contributed by atoms with van der Waals surface area (Å²) in [6, 6.07) is 6.14. The maximum absolute atomic E-state index is 9.47. The van der Waals surface area contributed by atoms with E-state index in [-0.39, 0.29) is 12.1 Å². The van der Waals surface area contributed by atoms with Crippen LogP contribution in [-0.2, 0) is 6.42 Å². The van der Waals surface area contributed by atoms with Crippen molar-refractivity contribution in [2.24, 2.45) is 5.73 Å². The normalized spacial score (nSPS) is 20.6. The quantitative estimate of drug-likeness (QED) is 0.815. The molecular formula is C13H19NO2. The lowest BCUT2D eigenvalue weighted by Crippen LogP contribution is -2.16. The second kappa shape index (κ2) is 4.85. The summed E-state index contributed by atoms with van der Waals surface area (Å²) in [5, 5.41) is 9.47. The molecule has 0 bridgehead atoms. The van der Waals surface area contributed by atoms with Crippen molar-refractivity contribution in [1.82, 2.24) is 0 Å². The number of aliphatic hydroxyl groups excluding tert-OH is 1. The van der Waals surface area contributed by atoms with Gasteiger partial charge in [0.05, 0.1) is 6.10 Å². The standard InChI is InChI=1S/C13H19NO2/c1-2-9(15)8-16-13-5-3-4-10-11(13)6-7-12(10)14/h3-5,9,12,15H,2,6-8,14H2,1H3. The van der Waals surface area contributed by atoms with Gasteiger partial charge in [0.15, 0.2) is 0 Å². The molecule has 1 aromatic rings. The molecule has 0 radical (unpaired) electrons. The van der Waals surface area contributed by atoms with Crippen LogP contribution in [0.5, 0.6) is 5.75 Å². The van der Waals surface area contributed by atoms with Crippen LogP contribution in [-0.4, -0.2) is 17.8 Å². The smallest absolute Gasteiger partial charge is 0.122 e. The Morgan fingerprint density at radius 2 is 2.38 bits per heavy atom. The van der Waals surface area contributed by atoms with Crippen molar-refractivity contribution >= 4 is 0 Å². The van der Waals surface area contributed by atoms with Crippen molar-refractivity contribution in [2.45, 2.75) is 38.3 Å². The second-order valence-electron chi connectivity index (χ2n) is 4.34. The lowest BCUT2D eigenvalue weighted by molar-refractivity contribution is 0.104. The molecule has 1 aliphatic carbocycles. The van der Waals surface area contributed by atoms with Gasteiger partial charge < -0.3 is 15.6 Å². The highest BCUT2D eigenvalue weighted by Gasteiger charge is 2.22. The molecule has 0 heterocycles. The molecule has 0 saturated heterocycles. The minimum Gasteiger partial charge on any atom is -0.491 e. The third-order valence-corrected chi connectivity index (χ3v) is 3.18. The summed E-state index contributed by atoms with van der Waals surface area (Å²) >= 11 is 0. The zero-order valence-corrected chi connectivity index (χ0v) is 9.65. The van der Waals surface area contributed by atoms with E-state index in [9.17, 15) is 5.11 Å². The highest BCUT2D eigenvalue weighted by atomic mass is 16.5. The van der Waals surface area contributed by atoms with Gasteiger partial charge in [-0.1, -0.05) is 19.1 Å². The fourth-order valence-corrected chi connectivity index (χ4v) is 2.09. The van der Waals surface area contributed by atoms with Crippen LogP contribution in [0.3, 0.4) is 0 Å². The van der Waals surface area contributed by atoms with Crippen LogP contribution in [0.1, 0.15) is 36.9 Å². The molecule has 0 spiro atoms. The van der Waals surface area contributed by atoms with Gasteiger partial charge in [0, 0.05) is 6.04 Å². The first kappa shape index (κ1) is 11.4. The average molecular weight is 221 g/mol. The van der Waals surface area contributed by atoms with Crippen molar-refractivity contribution in [1.29, 1.82) is 0 Å². The van der Waals surface area contributed by atoms with Crippen molar-refractivity contribution in [3.8, 4) is 5.75 Å². The molecule has 0 aliphatic heterocycles. The van der Waals surface area contributed by atoms with E-state index >= 15 is 0 Å². The van der Waals surface area contributed by atoms with Crippen molar-refractivity contribution in [2.75, 3.05) is 6.61 Å². The molecule has 3 N–H and O–H groups in total. The molecule has 2 rings (SSSR count). The van der Waals surface area contributed by atoms with Crippen molar-refractivity contribution in [3.05, 3.63) is 29.3 Å². The van der Waals surface area contributed by atoms with E-state index in [0.717, 1.165) is 18.6 Å². The van der Waals surface area contributed by atoms with Gasteiger partial charge in [-0.05, 0) is 36.5 Å². The van der Waals surface area contributed by atoms with E-state index in [4.69, 9.17) is 10.5 Å². The van der Waals surface area contributed by atoms with Crippen LogP contribution in [0.15, 0.2) is 18.2 Å². The van der Waals surface area contributed by atoms with Gasteiger partial charge in [-0.25, -0.2) is 0 Å². The van der Waals surface area contributed by atoms with Crippen LogP contribution in [0.25, 0.3) is 0 Å². The second-order valence-corrected chi connectivity index (χ2v) is 4.34. The lowest BCUT2D eigenvalue weighted by Gasteiger charge is -2.13. The minimum atomic E-state index is -0.383. The number of rotatable bonds is 4. The molecule has 88 valence electrons. The molecule has 3 heteroatoms. The van der Waals surface area contributed by atoms with Crippen molar-refractivity contribution < 1.29 is 9.84 Å². The van der Waals surface area contributed by atoms with Crippen LogP contribution in [0.4, 0.5) is 0 Å². The first-order chi connectivity index (χ1) is 7.72. The molecule has 2 atom stereocenters. The molecular weight excluding hydrogens is 202 g/mol. The summed E-state index contributed by atoms with van der Waals surface area (Å²) < 4.78 is 5.64. The first-order valence-corrected chi connectivity index (χ1v) is 5.90. The lowest BCUT2D eigenvalue weighted by atomic mass is 10.1. The average Bonchev–Trinajstić information content (AvgIpc) is 2.69. The van der Waals surface area contributed by atoms with Gasteiger partial charge in [-0.2, -0.15) is 0 Å². The van der Waals surface area contributed by atoms with Crippen molar-refractivity contribution in [3.63, 3.8) is 0 Å². The largest absolute Gasteiger partial charge is 0.491 e. The van der Waals surface area contributed by atoms with Gasteiger partial charge in [-0.3, -0.25) is 0 Å². The molecule has 16 heavy (non-hydrogen) atoms. The van der Waals surface area contributed by atoms with Crippen LogP contribution in [0, 0.1) is 0 Å². The Labute approximate surface area is 96.2 Å². The third-order valence-electron chi connectivity index (χ3n) is 3.18. The van der Waals surface area contributed by atoms with E-state index in [1.54, 1.807) is 0 Å². The molecule has 1 aliphatic rings. The Morgan fingerprint density at radius 3 is 3.12 bits per heavy atom. The van der Waals surface area contributed by atoms with Gasteiger partial charge >= 0.3 is 0 Å². The SMILES string of the molecule is CCC(O)COc1cccc2c1CCC2N. The van der Waals surface area contributed by atoms with E-state index in [0.29, 0.717) is 13.0 Å². The number of hydrogen-bond donors (Lipinski definition) is 2. The Kier molecular flexibility index (Phi) is 3.46. The van der Waals surface area contributed by atoms with E-state index < -0.39 is 0 Å². The number of nitrogens with two attached hydrogens (primary N) is 1. The number of aliphatic hydroxyl groups is 1. The molecule has 0 fully saturated rings. The fraction of sp³-hybridized carbons (Fsp3) is 0.538. The Balaban J connectivity index is 2.11. The maximum Gasteiger partial charge on any atom is 0.122 e. The summed E-state index contributed by atoms with van der Waals surface area (Å²) in [6.45, 7) is 2.31. The summed E-state index contributed by atoms with van der Waals surface area (Å²) in [6.07, 6.45) is 2.31. The Hall–Kier alpha value is -1.06. The third kappa shape index (κ3) is 2.20. The van der Waals surface area contributed by atoms with E-state index in [1.165, 1.54) is 11.1 Å². The molecule has 0 aromatic heterocycles. The fourth-order valence-electron chi connectivity index (χ4n) is 2.09. The van der Waals surface area contributed by atoms with Crippen LogP contribution < -0.4 is 10.5 Å². The Bertz CT molecular complexity index is 365. The molecule has 0 amide bonds. The predicted octanol–water partition coefficient (Wildman–Crippen LogP) is 1.78. The van der Waals surface area contributed by atoms with Gasteiger partial charge in [0.1, 0.15) is 12.4 Å². The summed E-state index contributed by atoms with van der Waals surface area (Å²) in [4.78, 5) is 0. The number of benzene rings is 1. The van der Waals surface area contributed by atoms with Gasteiger partial charge in [0.2, 0.25) is 0 Å². The zero-order valence-electron chi connectivity index (χ0n) is 9.65. The molecule has 3 nitrogen and oxygen atoms in total. The van der Waals surface area contributed by atoms with E-state index in [2.05, 4.69) is 6.07 Å². The summed E-state index contributed by atoms with van der Waals surface area (Å²) in [5.74, 6) is 0.887. The Morgan fingerprint density at radius 1 is 1.56 bits per heavy atom.